The quantitative estimate of drug-likeness (QED) is 0.760. The lowest BCUT2D eigenvalue weighted by Crippen LogP contribution is -2.29. The summed E-state index contributed by atoms with van der Waals surface area (Å²) in [5.74, 6) is 1.52. The molecule has 0 heterocycles. The van der Waals surface area contributed by atoms with Gasteiger partial charge in [-0.15, -0.1) is 0 Å². The largest absolute Gasteiger partial charge is 0.327 e. The van der Waals surface area contributed by atoms with E-state index in [1.165, 1.54) is 19.3 Å². The third-order valence-corrected chi connectivity index (χ3v) is 3.80. The number of rotatable bonds is 5. The molecule has 1 saturated carbocycles. The van der Waals surface area contributed by atoms with Crippen LogP contribution in [0.15, 0.2) is 0 Å². The van der Waals surface area contributed by atoms with Gasteiger partial charge in [-0.1, -0.05) is 33.1 Å². The monoisotopic (exact) mass is 211 g/mol. The van der Waals surface area contributed by atoms with Gasteiger partial charge in [-0.3, -0.25) is 4.79 Å². The van der Waals surface area contributed by atoms with E-state index in [0.717, 1.165) is 25.2 Å². The SMILES string of the molecule is CCC(N)CC(=O)C1CCCC(CC)C1. The molecular formula is C13H25NO. The predicted molar refractivity (Wildman–Crippen MR) is 63.6 cm³/mol. The second-order valence-corrected chi connectivity index (χ2v) is 4.98. The van der Waals surface area contributed by atoms with Gasteiger partial charge in [0.05, 0.1) is 0 Å². The maximum absolute atomic E-state index is 11.9. The first kappa shape index (κ1) is 12.7. The van der Waals surface area contributed by atoms with E-state index in [1.807, 2.05) is 6.92 Å². The number of Topliss-reactive ketones (excluding diaryl/α,β-unsaturated/α-hetero) is 1. The lowest BCUT2D eigenvalue weighted by Gasteiger charge is -2.28. The van der Waals surface area contributed by atoms with Crippen LogP contribution in [0.5, 0.6) is 0 Å². The van der Waals surface area contributed by atoms with Crippen molar-refractivity contribution in [3.05, 3.63) is 0 Å². The van der Waals surface area contributed by atoms with Crippen LogP contribution in [0.4, 0.5) is 0 Å². The second-order valence-electron chi connectivity index (χ2n) is 4.98. The van der Waals surface area contributed by atoms with Crippen LogP contribution in [0.25, 0.3) is 0 Å². The van der Waals surface area contributed by atoms with Gasteiger partial charge in [-0.25, -0.2) is 0 Å². The molecule has 0 radical (unpaired) electrons. The predicted octanol–water partition coefficient (Wildman–Crippen LogP) is 2.90. The zero-order valence-corrected chi connectivity index (χ0v) is 10.2. The zero-order chi connectivity index (χ0) is 11.3. The fourth-order valence-corrected chi connectivity index (χ4v) is 2.52. The molecule has 0 aromatic heterocycles. The maximum atomic E-state index is 11.9. The van der Waals surface area contributed by atoms with Gasteiger partial charge in [0.25, 0.3) is 0 Å². The number of carbonyl (C=O) groups is 1. The van der Waals surface area contributed by atoms with Crippen molar-refractivity contribution < 1.29 is 4.79 Å². The molecule has 2 nitrogen and oxygen atoms in total. The van der Waals surface area contributed by atoms with Gasteiger partial charge in [0, 0.05) is 18.4 Å². The Morgan fingerprint density at radius 1 is 1.40 bits per heavy atom. The minimum atomic E-state index is 0.0829. The fraction of sp³-hybridized carbons (Fsp3) is 0.923. The number of hydrogen-bond acceptors (Lipinski definition) is 2. The second kappa shape index (κ2) is 6.26. The molecule has 0 aliphatic heterocycles. The van der Waals surface area contributed by atoms with Crippen LogP contribution in [0.2, 0.25) is 0 Å². The Labute approximate surface area is 93.6 Å². The summed E-state index contributed by atoms with van der Waals surface area (Å²) in [5, 5.41) is 0. The Balaban J connectivity index is 2.38. The minimum Gasteiger partial charge on any atom is -0.327 e. The summed E-state index contributed by atoms with van der Waals surface area (Å²) in [6.07, 6.45) is 7.50. The average Bonchev–Trinajstić information content (AvgIpc) is 2.28. The molecule has 0 aromatic rings. The van der Waals surface area contributed by atoms with Gasteiger partial charge >= 0.3 is 0 Å². The summed E-state index contributed by atoms with van der Waals surface area (Å²) in [6.45, 7) is 4.28. The number of carbonyl (C=O) groups excluding carboxylic acids is 1. The molecule has 2 N–H and O–H groups in total. The standard InChI is InChI=1S/C13H25NO/c1-3-10-6-5-7-11(8-10)13(15)9-12(14)4-2/h10-12H,3-9,14H2,1-2H3. The molecule has 0 spiro atoms. The molecular weight excluding hydrogens is 186 g/mol. The highest BCUT2D eigenvalue weighted by Gasteiger charge is 2.26. The molecule has 15 heavy (non-hydrogen) atoms. The third kappa shape index (κ3) is 3.94. The average molecular weight is 211 g/mol. The van der Waals surface area contributed by atoms with Crippen LogP contribution in [0.1, 0.15) is 58.8 Å². The highest BCUT2D eigenvalue weighted by molar-refractivity contribution is 5.81. The van der Waals surface area contributed by atoms with Gasteiger partial charge in [0.2, 0.25) is 0 Å². The molecule has 0 bridgehead atoms. The third-order valence-electron chi connectivity index (χ3n) is 3.80. The molecule has 1 fully saturated rings. The summed E-state index contributed by atoms with van der Waals surface area (Å²) in [4.78, 5) is 11.9. The van der Waals surface area contributed by atoms with E-state index in [2.05, 4.69) is 6.92 Å². The molecule has 1 aliphatic rings. The van der Waals surface area contributed by atoms with E-state index in [0.29, 0.717) is 18.1 Å². The van der Waals surface area contributed by atoms with E-state index in [1.54, 1.807) is 0 Å². The zero-order valence-electron chi connectivity index (χ0n) is 10.2. The number of nitrogens with two attached hydrogens (primary N) is 1. The van der Waals surface area contributed by atoms with Crippen molar-refractivity contribution in [2.45, 2.75) is 64.8 Å². The highest BCUT2D eigenvalue weighted by atomic mass is 16.1. The van der Waals surface area contributed by atoms with Crippen molar-refractivity contribution in [1.29, 1.82) is 0 Å². The van der Waals surface area contributed by atoms with Crippen molar-refractivity contribution >= 4 is 5.78 Å². The summed E-state index contributed by atoms with van der Waals surface area (Å²) >= 11 is 0. The van der Waals surface area contributed by atoms with Crippen LogP contribution < -0.4 is 5.73 Å². The normalized spacial score (nSPS) is 28.7. The summed E-state index contributed by atoms with van der Waals surface area (Å²) in [7, 11) is 0. The van der Waals surface area contributed by atoms with E-state index in [4.69, 9.17) is 5.73 Å². The van der Waals surface area contributed by atoms with Gasteiger partial charge in [-0.05, 0) is 25.2 Å². The first-order valence-corrected chi connectivity index (χ1v) is 6.45. The fourth-order valence-electron chi connectivity index (χ4n) is 2.52. The van der Waals surface area contributed by atoms with E-state index in [9.17, 15) is 4.79 Å². The Hall–Kier alpha value is -0.370. The van der Waals surface area contributed by atoms with Gasteiger partial charge in [0.1, 0.15) is 5.78 Å². The lowest BCUT2D eigenvalue weighted by atomic mass is 9.77. The van der Waals surface area contributed by atoms with Crippen molar-refractivity contribution in [1.82, 2.24) is 0 Å². The van der Waals surface area contributed by atoms with Crippen LogP contribution in [-0.2, 0) is 4.79 Å². The van der Waals surface area contributed by atoms with Gasteiger partial charge < -0.3 is 5.73 Å². The van der Waals surface area contributed by atoms with Crippen LogP contribution in [0, 0.1) is 11.8 Å². The number of hydrogen-bond donors (Lipinski definition) is 1. The topological polar surface area (TPSA) is 43.1 Å². The highest BCUT2D eigenvalue weighted by Crippen LogP contribution is 2.32. The van der Waals surface area contributed by atoms with E-state index < -0.39 is 0 Å². The van der Waals surface area contributed by atoms with Crippen LogP contribution >= 0.6 is 0 Å². The first-order chi connectivity index (χ1) is 7.17. The molecule has 2 heteroatoms. The first-order valence-electron chi connectivity index (χ1n) is 6.45. The van der Waals surface area contributed by atoms with Crippen LogP contribution in [-0.4, -0.2) is 11.8 Å². The van der Waals surface area contributed by atoms with Crippen LogP contribution in [0.3, 0.4) is 0 Å². The molecule has 3 atom stereocenters. The van der Waals surface area contributed by atoms with Crippen molar-refractivity contribution in [3.8, 4) is 0 Å². The molecule has 0 saturated heterocycles. The molecule has 3 unspecified atom stereocenters. The molecule has 0 amide bonds. The van der Waals surface area contributed by atoms with Gasteiger partial charge in [0.15, 0.2) is 0 Å². The van der Waals surface area contributed by atoms with E-state index in [-0.39, 0.29) is 6.04 Å². The van der Waals surface area contributed by atoms with Gasteiger partial charge in [-0.2, -0.15) is 0 Å². The minimum absolute atomic E-state index is 0.0829. The lowest BCUT2D eigenvalue weighted by molar-refractivity contribution is -0.124. The summed E-state index contributed by atoms with van der Waals surface area (Å²) in [5.41, 5.74) is 5.83. The van der Waals surface area contributed by atoms with Crippen molar-refractivity contribution in [3.63, 3.8) is 0 Å². The van der Waals surface area contributed by atoms with E-state index >= 15 is 0 Å². The van der Waals surface area contributed by atoms with Crippen molar-refractivity contribution in [2.75, 3.05) is 0 Å². The smallest absolute Gasteiger partial charge is 0.137 e. The Kier molecular flexibility index (Phi) is 5.30. The Bertz CT molecular complexity index is 203. The Morgan fingerprint density at radius 2 is 2.13 bits per heavy atom. The molecule has 1 rings (SSSR count). The Morgan fingerprint density at radius 3 is 2.73 bits per heavy atom. The summed E-state index contributed by atoms with van der Waals surface area (Å²) < 4.78 is 0. The molecule has 88 valence electrons. The summed E-state index contributed by atoms with van der Waals surface area (Å²) in [6, 6.07) is 0.0829. The molecule has 0 aromatic carbocycles. The maximum Gasteiger partial charge on any atom is 0.137 e. The molecule has 1 aliphatic carbocycles. The van der Waals surface area contributed by atoms with Crippen molar-refractivity contribution in [2.24, 2.45) is 17.6 Å². The number of ketones is 1.